The van der Waals surface area contributed by atoms with Gasteiger partial charge < -0.3 is 15.1 Å². The number of carbonyl (C=O) groups excluding carboxylic acids is 3. The van der Waals surface area contributed by atoms with Crippen LogP contribution in [0.25, 0.3) is 0 Å². The summed E-state index contributed by atoms with van der Waals surface area (Å²) in [6.45, 7) is 1.41. The van der Waals surface area contributed by atoms with Crippen molar-refractivity contribution in [3.63, 3.8) is 0 Å². The quantitative estimate of drug-likeness (QED) is 0.849. The summed E-state index contributed by atoms with van der Waals surface area (Å²) >= 11 is 0. The van der Waals surface area contributed by atoms with Crippen molar-refractivity contribution in [2.24, 2.45) is 5.92 Å². The number of hydrogen-bond donors (Lipinski definition) is 1. The van der Waals surface area contributed by atoms with E-state index in [0.29, 0.717) is 34.8 Å². The lowest BCUT2D eigenvalue weighted by atomic mass is 10.0. The molecule has 0 spiro atoms. The summed E-state index contributed by atoms with van der Waals surface area (Å²) < 4.78 is 37.7. The first-order valence-electron chi connectivity index (χ1n) is 9.20. The number of nitrogens with one attached hydrogen (secondary N) is 1. The second kappa shape index (κ2) is 7.81. The standard InChI is InChI=1S/C19H22F3N3O3/c1-12-5-4-6-14(18(28)24-7-2-3-8-24)16(12)23-17(27)13-9-15(26)25(10-13)11-19(20,21)22/h4-6,13H,2-3,7-11H2,1H3,(H,23,27). The molecule has 0 radical (unpaired) electrons. The molecule has 0 saturated carbocycles. The summed E-state index contributed by atoms with van der Waals surface area (Å²) in [4.78, 5) is 39.6. The maximum Gasteiger partial charge on any atom is 0.406 e. The van der Waals surface area contributed by atoms with E-state index in [1.165, 1.54) is 0 Å². The molecule has 2 aliphatic rings. The normalized spacial score (nSPS) is 20.0. The molecule has 9 heteroatoms. The molecule has 2 saturated heterocycles. The number of amides is 3. The Morgan fingerprint density at radius 3 is 2.54 bits per heavy atom. The SMILES string of the molecule is Cc1cccc(C(=O)N2CCCC2)c1NC(=O)C1CC(=O)N(CC(F)(F)F)C1. The zero-order chi connectivity index (χ0) is 20.5. The summed E-state index contributed by atoms with van der Waals surface area (Å²) in [6, 6.07) is 5.09. The molecule has 1 unspecified atom stereocenters. The minimum Gasteiger partial charge on any atom is -0.339 e. The van der Waals surface area contributed by atoms with Gasteiger partial charge in [0, 0.05) is 26.1 Å². The molecule has 0 aliphatic carbocycles. The Morgan fingerprint density at radius 2 is 1.89 bits per heavy atom. The van der Waals surface area contributed by atoms with Crippen molar-refractivity contribution in [3.8, 4) is 0 Å². The van der Waals surface area contributed by atoms with Crippen LogP contribution in [-0.2, 0) is 9.59 Å². The first-order chi connectivity index (χ1) is 13.2. The number of alkyl halides is 3. The van der Waals surface area contributed by atoms with Crippen LogP contribution >= 0.6 is 0 Å². The fourth-order valence-corrected chi connectivity index (χ4v) is 3.64. The van der Waals surface area contributed by atoms with Crippen LogP contribution in [0.2, 0.25) is 0 Å². The molecule has 1 aromatic carbocycles. The van der Waals surface area contributed by atoms with Crippen LogP contribution in [-0.4, -0.2) is 59.9 Å². The first-order valence-corrected chi connectivity index (χ1v) is 9.20. The highest BCUT2D eigenvalue weighted by Gasteiger charge is 2.40. The highest BCUT2D eigenvalue weighted by molar-refractivity contribution is 6.06. The molecule has 1 aromatic rings. The van der Waals surface area contributed by atoms with Gasteiger partial charge in [0.05, 0.1) is 17.2 Å². The number of benzene rings is 1. The van der Waals surface area contributed by atoms with Gasteiger partial charge in [-0.3, -0.25) is 14.4 Å². The monoisotopic (exact) mass is 397 g/mol. The van der Waals surface area contributed by atoms with Crippen LogP contribution in [0.5, 0.6) is 0 Å². The highest BCUT2D eigenvalue weighted by Crippen LogP contribution is 2.28. The first kappa shape index (κ1) is 20.2. The van der Waals surface area contributed by atoms with Crippen molar-refractivity contribution in [3.05, 3.63) is 29.3 Å². The summed E-state index contributed by atoms with van der Waals surface area (Å²) in [6.07, 6.45) is -2.92. The van der Waals surface area contributed by atoms with Gasteiger partial charge in [-0.05, 0) is 31.4 Å². The van der Waals surface area contributed by atoms with Crippen LogP contribution in [0.4, 0.5) is 18.9 Å². The molecular formula is C19H22F3N3O3. The van der Waals surface area contributed by atoms with E-state index in [9.17, 15) is 27.6 Å². The number of likely N-dealkylation sites (tertiary alicyclic amines) is 2. The van der Waals surface area contributed by atoms with Crippen LogP contribution in [0, 0.1) is 12.8 Å². The molecule has 2 heterocycles. The number of nitrogens with zero attached hydrogens (tertiary/aromatic N) is 2. The smallest absolute Gasteiger partial charge is 0.339 e. The predicted octanol–water partition coefficient (Wildman–Crippen LogP) is 2.58. The topological polar surface area (TPSA) is 69.7 Å². The van der Waals surface area contributed by atoms with Crippen molar-refractivity contribution in [1.29, 1.82) is 0 Å². The van der Waals surface area contributed by atoms with E-state index in [1.54, 1.807) is 30.0 Å². The Morgan fingerprint density at radius 1 is 1.21 bits per heavy atom. The van der Waals surface area contributed by atoms with E-state index in [-0.39, 0.29) is 18.9 Å². The predicted molar refractivity (Wildman–Crippen MR) is 95.7 cm³/mol. The lowest BCUT2D eigenvalue weighted by Crippen LogP contribution is -2.36. The molecule has 1 atom stereocenters. The Kier molecular flexibility index (Phi) is 5.62. The molecule has 2 aliphatic heterocycles. The van der Waals surface area contributed by atoms with Gasteiger partial charge in [-0.2, -0.15) is 13.2 Å². The highest BCUT2D eigenvalue weighted by atomic mass is 19.4. The number of anilines is 1. The van der Waals surface area contributed by atoms with Crippen molar-refractivity contribution < 1.29 is 27.6 Å². The van der Waals surface area contributed by atoms with Crippen molar-refractivity contribution in [1.82, 2.24) is 9.80 Å². The molecule has 0 bridgehead atoms. The van der Waals surface area contributed by atoms with Gasteiger partial charge in [-0.1, -0.05) is 12.1 Å². The number of aryl methyl sites for hydroxylation is 1. The van der Waals surface area contributed by atoms with Crippen LogP contribution in [0.3, 0.4) is 0 Å². The van der Waals surface area contributed by atoms with E-state index in [2.05, 4.69) is 5.32 Å². The lowest BCUT2D eigenvalue weighted by molar-refractivity contribution is -0.157. The largest absolute Gasteiger partial charge is 0.406 e. The summed E-state index contributed by atoms with van der Waals surface area (Å²) in [7, 11) is 0. The van der Waals surface area contributed by atoms with Gasteiger partial charge in [0.15, 0.2) is 0 Å². The van der Waals surface area contributed by atoms with E-state index in [0.717, 1.165) is 12.8 Å². The Labute approximate surface area is 160 Å². The second-order valence-corrected chi connectivity index (χ2v) is 7.28. The zero-order valence-corrected chi connectivity index (χ0v) is 15.5. The third-order valence-electron chi connectivity index (χ3n) is 5.10. The summed E-state index contributed by atoms with van der Waals surface area (Å²) in [5.74, 6) is -2.32. The number of para-hydroxylation sites is 1. The minimum absolute atomic E-state index is 0.183. The average Bonchev–Trinajstić information content (AvgIpc) is 3.25. The lowest BCUT2D eigenvalue weighted by Gasteiger charge is -2.21. The summed E-state index contributed by atoms with van der Waals surface area (Å²) in [5.41, 5.74) is 1.38. The van der Waals surface area contributed by atoms with Crippen LogP contribution in [0.15, 0.2) is 18.2 Å². The molecule has 2 fully saturated rings. The van der Waals surface area contributed by atoms with Gasteiger partial charge >= 0.3 is 6.18 Å². The average molecular weight is 397 g/mol. The third-order valence-corrected chi connectivity index (χ3v) is 5.10. The van der Waals surface area contributed by atoms with Gasteiger partial charge in [-0.15, -0.1) is 0 Å². The zero-order valence-electron chi connectivity index (χ0n) is 15.5. The van der Waals surface area contributed by atoms with Crippen LogP contribution in [0.1, 0.15) is 35.2 Å². The number of carbonyl (C=O) groups is 3. The van der Waals surface area contributed by atoms with Crippen LogP contribution < -0.4 is 5.32 Å². The Bertz CT molecular complexity index is 788. The molecule has 0 aromatic heterocycles. The Hall–Kier alpha value is -2.58. The van der Waals surface area contributed by atoms with Crippen molar-refractivity contribution >= 4 is 23.4 Å². The number of halogens is 3. The second-order valence-electron chi connectivity index (χ2n) is 7.28. The number of rotatable bonds is 4. The van der Waals surface area contributed by atoms with Gasteiger partial charge in [-0.25, -0.2) is 0 Å². The van der Waals surface area contributed by atoms with E-state index in [4.69, 9.17) is 0 Å². The van der Waals surface area contributed by atoms with E-state index >= 15 is 0 Å². The van der Waals surface area contributed by atoms with Gasteiger partial charge in [0.2, 0.25) is 11.8 Å². The van der Waals surface area contributed by atoms with E-state index in [1.807, 2.05) is 0 Å². The van der Waals surface area contributed by atoms with Gasteiger partial charge in [0.1, 0.15) is 6.54 Å². The van der Waals surface area contributed by atoms with Gasteiger partial charge in [0.25, 0.3) is 5.91 Å². The fourth-order valence-electron chi connectivity index (χ4n) is 3.64. The van der Waals surface area contributed by atoms with Crippen molar-refractivity contribution in [2.75, 3.05) is 31.5 Å². The molecule has 3 amide bonds. The fraction of sp³-hybridized carbons (Fsp3) is 0.526. The van der Waals surface area contributed by atoms with E-state index < -0.39 is 30.5 Å². The van der Waals surface area contributed by atoms with Crippen molar-refractivity contribution in [2.45, 2.75) is 32.4 Å². The third kappa shape index (κ3) is 4.45. The molecule has 28 heavy (non-hydrogen) atoms. The maximum absolute atomic E-state index is 12.8. The maximum atomic E-state index is 12.8. The Balaban J connectivity index is 1.74. The molecule has 1 N–H and O–H groups in total. The molecule has 3 rings (SSSR count). The minimum atomic E-state index is -4.51. The molecule has 152 valence electrons. The molecular weight excluding hydrogens is 375 g/mol. The number of hydrogen-bond acceptors (Lipinski definition) is 3. The molecule has 6 nitrogen and oxygen atoms in total. The summed E-state index contributed by atoms with van der Waals surface area (Å²) in [5, 5.41) is 2.68.